The van der Waals surface area contributed by atoms with E-state index in [4.69, 9.17) is 0 Å². The molecule has 22 heavy (non-hydrogen) atoms. The molecule has 0 bridgehead atoms. The van der Waals surface area contributed by atoms with Crippen molar-refractivity contribution in [3.05, 3.63) is 59.4 Å². The van der Waals surface area contributed by atoms with Gasteiger partial charge in [-0.25, -0.2) is 4.39 Å². The average molecular weight is 300 g/mol. The first-order chi connectivity index (χ1) is 10.5. The van der Waals surface area contributed by atoms with Crippen molar-refractivity contribution in [3.8, 4) is 0 Å². The minimum Gasteiger partial charge on any atom is -0.376 e. The second-order valence-electron chi connectivity index (χ2n) is 5.00. The van der Waals surface area contributed by atoms with Crippen LogP contribution in [0.25, 0.3) is 0 Å². The number of hydrogen-bond acceptors (Lipinski definition) is 3. The summed E-state index contributed by atoms with van der Waals surface area (Å²) in [6.45, 7) is 3.30. The first-order valence-corrected chi connectivity index (χ1v) is 6.86. The highest BCUT2D eigenvalue weighted by molar-refractivity contribution is 5.96. The Labute approximate surface area is 128 Å². The highest BCUT2D eigenvalue weighted by atomic mass is 19.1. The van der Waals surface area contributed by atoms with E-state index >= 15 is 0 Å². The number of carbonyl (C=O) groups is 2. The summed E-state index contributed by atoms with van der Waals surface area (Å²) >= 11 is 0. The van der Waals surface area contributed by atoms with Crippen LogP contribution in [0.5, 0.6) is 0 Å². The number of anilines is 2. The molecule has 114 valence electrons. The van der Waals surface area contributed by atoms with Crippen LogP contribution in [0, 0.1) is 12.7 Å². The summed E-state index contributed by atoms with van der Waals surface area (Å²) < 4.78 is 13.2. The number of halogens is 1. The first kappa shape index (κ1) is 15.7. The van der Waals surface area contributed by atoms with E-state index in [0.717, 1.165) is 5.56 Å². The Hall–Kier alpha value is -2.69. The second kappa shape index (κ2) is 6.85. The van der Waals surface area contributed by atoms with E-state index in [2.05, 4.69) is 10.6 Å². The van der Waals surface area contributed by atoms with Gasteiger partial charge in [0.25, 0.3) is 0 Å². The molecular formula is C17H17FN2O2. The van der Waals surface area contributed by atoms with Gasteiger partial charge >= 0.3 is 0 Å². The Morgan fingerprint density at radius 2 is 1.91 bits per heavy atom. The van der Waals surface area contributed by atoms with Crippen molar-refractivity contribution in [3.63, 3.8) is 0 Å². The molecule has 1 amide bonds. The maximum Gasteiger partial charge on any atom is 0.243 e. The Morgan fingerprint density at radius 3 is 2.64 bits per heavy atom. The fourth-order valence-corrected chi connectivity index (χ4v) is 1.95. The van der Waals surface area contributed by atoms with Gasteiger partial charge in [0.15, 0.2) is 5.78 Å². The van der Waals surface area contributed by atoms with Crippen LogP contribution in [0.4, 0.5) is 15.8 Å². The van der Waals surface area contributed by atoms with Crippen molar-refractivity contribution in [2.75, 3.05) is 17.2 Å². The third kappa shape index (κ3) is 4.15. The molecule has 0 saturated carbocycles. The van der Waals surface area contributed by atoms with Crippen LogP contribution in [-0.2, 0) is 4.79 Å². The Kier molecular flexibility index (Phi) is 4.88. The largest absolute Gasteiger partial charge is 0.376 e. The molecule has 0 atom stereocenters. The van der Waals surface area contributed by atoms with Gasteiger partial charge in [0, 0.05) is 16.9 Å². The summed E-state index contributed by atoms with van der Waals surface area (Å²) in [5.41, 5.74) is 2.49. The van der Waals surface area contributed by atoms with Crippen molar-refractivity contribution < 1.29 is 14.0 Å². The number of rotatable bonds is 5. The molecule has 0 heterocycles. The van der Waals surface area contributed by atoms with Crippen molar-refractivity contribution in [1.82, 2.24) is 0 Å². The number of nitrogens with one attached hydrogen (secondary N) is 2. The Morgan fingerprint density at radius 1 is 1.14 bits per heavy atom. The van der Waals surface area contributed by atoms with Crippen LogP contribution in [-0.4, -0.2) is 18.2 Å². The van der Waals surface area contributed by atoms with Crippen LogP contribution in [0.2, 0.25) is 0 Å². The molecule has 5 heteroatoms. The van der Waals surface area contributed by atoms with Gasteiger partial charge in [-0.15, -0.1) is 0 Å². The van der Waals surface area contributed by atoms with Gasteiger partial charge in [-0.05, 0) is 43.7 Å². The summed E-state index contributed by atoms with van der Waals surface area (Å²) in [5.74, 6) is -0.728. The lowest BCUT2D eigenvalue weighted by Crippen LogP contribution is -2.22. The molecule has 0 unspecified atom stereocenters. The topological polar surface area (TPSA) is 58.2 Å². The summed E-state index contributed by atoms with van der Waals surface area (Å²) in [6.07, 6.45) is 0. The van der Waals surface area contributed by atoms with Crippen molar-refractivity contribution in [2.45, 2.75) is 13.8 Å². The van der Waals surface area contributed by atoms with E-state index in [1.807, 2.05) is 0 Å². The number of carbonyl (C=O) groups excluding carboxylic acids is 2. The van der Waals surface area contributed by atoms with Crippen LogP contribution in [0.15, 0.2) is 42.5 Å². The molecule has 0 aliphatic heterocycles. The molecule has 0 aliphatic carbocycles. The maximum atomic E-state index is 13.2. The van der Waals surface area contributed by atoms with E-state index < -0.39 is 5.82 Å². The third-order valence-electron chi connectivity index (χ3n) is 3.20. The van der Waals surface area contributed by atoms with Gasteiger partial charge in [0.05, 0.1) is 6.54 Å². The summed E-state index contributed by atoms with van der Waals surface area (Å²) in [6, 6.07) is 11.1. The summed E-state index contributed by atoms with van der Waals surface area (Å²) in [5, 5.41) is 5.59. The number of ketones is 1. The molecule has 2 aromatic rings. The fourth-order valence-electron chi connectivity index (χ4n) is 1.95. The van der Waals surface area contributed by atoms with E-state index in [1.54, 1.807) is 37.3 Å². The molecule has 0 saturated heterocycles. The number of amides is 1. The van der Waals surface area contributed by atoms with Crippen molar-refractivity contribution >= 4 is 23.1 Å². The fraction of sp³-hybridized carbons (Fsp3) is 0.176. The SMILES string of the molecule is CC(=O)c1cccc(NCC(=O)Nc2cc(F)ccc2C)c1. The molecule has 0 spiro atoms. The van der Waals surface area contributed by atoms with E-state index in [0.29, 0.717) is 16.9 Å². The van der Waals surface area contributed by atoms with Crippen LogP contribution in [0.3, 0.4) is 0 Å². The molecule has 0 aliphatic rings. The summed E-state index contributed by atoms with van der Waals surface area (Å²) in [7, 11) is 0. The monoisotopic (exact) mass is 300 g/mol. The van der Waals surface area contributed by atoms with Gasteiger partial charge in [0.1, 0.15) is 5.82 Å². The number of benzene rings is 2. The van der Waals surface area contributed by atoms with Gasteiger partial charge in [-0.2, -0.15) is 0 Å². The van der Waals surface area contributed by atoms with Gasteiger partial charge in [-0.3, -0.25) is 9.59 Å². The Bertz CT molecular complexity index is 714. The quantitative estimate of drug-likeness (QED) is 0.832. The molecule has 0 fully saturated rings. The molecular weight excluding hydrogens is 283 g/mol. The molecule has 0 aromatic heterocycles. The highest BCUT2D eigenvalue weighted by Crippen LogP contribution is 2.16. The van der Waals surface area contributed by atoms with Crippen LogP contribution >= 0.6 is 0 Å². The minimum absolute atomic E-state index is 0.0251. The van der Waals surface area contributed by atoms with Crippen molar-refractivity contribution in [2.24, 2.45) is 0 Å². The van der Waals surface area contributed by atoms with E-state index in [9.17, 15) is 14.0 Å². The maximum absolute atomic E-state index is 13.2. The predicted molar refractivity (Wildman–Crippen MR) is 84.7 cm³/mol. The zero-order valence-electron chi connectivity index (χ0n) is 12.4. The lowest BCUT2D eigenvalue weighted by atomic mass is 10.1. The van der Waals surface area contributed by atoms with Crippen LogP contribution < -0.4 is 10.6 Å². The zero-order chi connectivity index (χ0) is 16.1. The zero-order valence-corrected chi connectivity index (χ0v) is 12.4. The number of hydrogen-bond donors (Lipinski definition) is 2. The van der Waals surface area contributed by atoms with E-state index in [1.165, 1.54) is 19.1 Å². The minimum atomic E-state index is -0.400. The normalized spacial score (nSPS) is 10.1. The molecule has 2 aromatic carbocycles. The molecule has 2 rings (SSSR count). The van der Waals surface area contributed by atoms with Gasteiger partial charge in [-0.1, -0.05) is 18.2 Å². The molecule has 2 N–H and O–H groups in total. The smallest absolute Gasteiger partial charge is 0.243 e. The molecule has 4 nitrogen and oxygen atoms in total. The summed E-state index contributed by atoms with van der Waals surface area (Å²) in [4.78, 5) is 23.2. The van der Waals surface area contributed by atoms with Crippen LogP contribution in [0.1, 0.15) is 22.8 Å². The lowest BCUT2D eigenvalue weighted by molar-refractivity contribution is -0.114. The van der Waals surface area contributed by atoms with E-state index in [-0.39, 0.29) is 18.2 Å². The highest BCUT2D eigenvalue weighted by Gasteiger charge is 2.06. The first-order valence-electron chi connectivity index (χ1n) is 6.86. The van der Waals surface area contributed by atoms with Gasteiger partial charge in [0.2, 0.25) is 5.91 Å². The average Bonchev–Trinajstić information content (AvgIpc) is 2.49. The van der Waals surface area contributed by atoms with Gasteiger partial charge < -0.3 is 10.6 Å². The number of Topliss-reactive ketones (excluding diaryl/α,β-unsaturated/α-hetero) is 1. The molecule has 0 radical (unpaired) electrons. The third-order valence-corrected chi connectivity index (χ3v) is 3.20. The Balaban J connectivity index is 1.97. The predicted octanol–water partition coefficient (Wildman–Crippen LogP) is 3.39. The second-order valence-corrected chi connectivity index (χ2v) is 5.00. The lowest BCUT2D eigenvalue weighted by Gasteiger charge is -2.10. The standard InChI is InChI=1S/C17H17FN2O2/c1-11-6-7-14(18)9-16(11)20-17(22)10-19-15-5-3-4-13(8-15)12(2)21/h3-9,19H,10H2,1-2H3,(H,20,22). The number of aryl methyl sites for hydroxylation is 1. The van der Waals surface area contributed by atoms with Crippen molar-refractivity contribution in [1.29, 1.82) is 0 Å².